The maximum atomic E-state index is 10.8. The van der Waals surface area contributed by atoms with Gasteiger partial charge < -0.3 is 14.2 Å². The fourth-order valence-electron chi connectivity index (χ4n) is 1.77. The van der Waals surface area contributed by atoms with Crippen molar-refractivity contribution in [2.75, 3.05) is 0 Å². The van der Waals surface area contributed by atoms with Crippen molar-refractivity contribution in [3.05, 3.63) is 42.2 Å². The van der Waals surface area contributed by atoms with Crippen LogP contribution < -0.4 is 0 Å². The lowest BCUT2D eigenvalue weighted by Gasteiger charge is -2.07. The quantitative estimate of drug-likeness (QED) is 0.857. The Morgan fingerprint density at radius 3 is 3.00 bits per heavy atom. The molecule has 0 fully saturated rings. The van der Waals surface area contributed by atoms with Gasteiger partial charge in [0, 0.05) is 25.1 Å². The van der Waals surface area contributed by atoms with Gasteiger partial charge in [-0.2, -0.15) is 0 Å². The predicted molar refractivity (Wildman–Crippen MR) is 63.0 cm³/mol. The first-order chi connectivity index (χ1) is 8.20. The number of aromatic carboxylic acids is 1. The Morgan fingerprint density at radius 2 is 2.35 bits per heavy atom. The number of carboxylic acid groups (broad SMARTS) is 1. The molecule has 0 saturated carbocycles. The van der Waals surface area contributed by atoms with Gasteiger partial charge in [0.05, 0.1) is 24.1 Å². The maximum Gasteiger partial charge on any atom is 0.337 e. The van der Waals surface area contributed by atoms with Crippen LogP contribution in [0.25, 0.3) is 0 Å². The molecule has 0 radical (unpaired) electrons. The third-order valence-corrected chi connectivity index (χ3v) is 2.61. The molecule has 0 aromatic carbocycles. The Hall–Kier alpha value is -2.04. The number of hydrogen-bond donors (Lipinski definition) is 1. The Labute approximate surface area is 99.3 Å². The largest absolute Gasteiger partial charge is 0.478 e. The van der Waals surface area contributed by atoms with Gasteiger partial charge in [0.2, 0.25) is 0 Å². The Morgan fingerprint density at radius 1 is 1.53 bits per heavy atom. The molecule has 0 bridgehead atoms. The predicted octanol–water partition coefficient (Wildman–Crippen LogP) is 1.84. The lowest BCUT2D eigenvalue weighted by atomic mass is 10.3. The molecule has 0 aliphatic carbocycles. The molecule has 0 aliphatic heterocycles. The van der Waals surface area contributed by atoms with E-state index >= 15 is 0 Å². The molecule has 0 spiro atoms. The minimum atomic E-state index is -0.897. The minimum absolute atomic E-state index is 0.312. The van der Waals surface area contributed by atoms with E-state index in [-0.39, 0.29) is 0 Å². The number of imidazole rings is 1. The fourth-order valence-corrected chi connectivity index (χ4v) is 1.77. The second kappa shape index (κ2) is 4.86. The van der Waals surface area contributed by atoms with Crippen LogP contribution in [0.15, 0.2) is 31.0 Å². The van der Waals surface area contributed by atoms with E-state index in [1.165, 1.54) is 0 Å². The van der Waals surface area contributed by atoms with Crippen molar-refractivity contribution in [2.24, 2.45) is 0 Å². The van der Waals surface area contributed by atoms with Crippen molar-refractivity contribution < 1.29 is 9.90 Å². The van der Waals surface area contributed by atoms with E-state index in [0.717, 1.165) is 18.7 Å². The van der Waals surface area contributed by atoms with Crippen LogP contribution in [0, 0.1) is 0 Å². The number of carboxylic acids is 1. The van der Waals surface area contributed by atoms with Crippen molar-refractivity contribution in [2.45, 2.75) is 26.4 Å². The van der Waals surface area contributed by atoms with E-state index in [4.69, 9.17) is 5.11 Å². The zero-order valence-electron chi connectivity index (χ0n) is 9.71. The highest BCUT2D eigenvalue weighted by Crippen LogP contribution is 2.07. The van der Waals surface area contributed by atoms with Crippen LogP contribution >= 0.6 is 0 Å². The van der Waals surface area contributed by atoms with Crippen molar-refractivity contribution >= 4 is 5.97 Å². The van der Waals surface area contributed by atoms with Gasteiger partial charge in [-0.15, -0.1) is 0 Å². The average molecular weight is 233 g/mol. The van der Waals surface area contributed by atoms with Gasteiger partial charge >= 0.3 is 5.97 Å². The topological polar surface area (TPSA) is 60.0 Å². The Bertz CT molecular complexity index is 513. The average Bonchev–Trinajstić information content (AvgIpc) is 2.90. The highest BCUT2D eigenvalue weighted by Gasteiger charge is 2.06. The zero-order valence-corrected chi connectivity index (χ0v) is 9.71. The Balaban J connectivity index is 2.13. The molecule has 5 heteroatoms. The summed E-state index contributed by atoms with van der Waals surface area (Å²) in [6, 6.07) is 1.60. The second-order valence-corrected chi connectivity index (χ2v) is 3.96. The summed E-state index contributed by atoms with van der Waals surface area (Å²) in [5.74, 6) is -0.897. The lowest BCUT2D eigenvalue weighted by molar-refractivity contribution is 0.0697. The van der Waals surface area contributed by atoms with Gasteiger partial charge in [-0.1, -0.05) is 6.92 Å². The number of nitrogens with zero attached hydrogens (tertiary/aromatic N) is 3. The number of aromatic nitrogens is 3. The summed E-state index contributed by atoms with van der Waals surface area (Å²) in [5.41, 5.74) is 1.39. The summed E-state index contributed by atoms with van der Waals surface area (Å²) in [4.78, 5) is 14.9. The first-order valence-electron chi connectivity index (χ1n) is 5.58. The molecule has 0 atom stereocenters. The molecule has 2 aromatic heterocycles. The van der Waals surface area contributed by atoms with Crippen LogP contribution in [-0.4, -0.2) is 25.2 Å². The first-order valence-corrected chi connectivity index (χ1v) is 5.58. The molecule has 5 nitrogen and oxygen atoms in total. The highest BCUT2D eigenvalue weighted by atomic mass is 16.4. The SMILES string of the molecule is CCCn1cncc1Cn1ccc(C(=O)O)c1. The minimum Gasteiger partial charge on any atom is -0.478 e. The van der Waals surface area contributed by atoms with Crippen molar-refractivity contribution in [1.29, 1.82) is 0 Å². The first kappa shape index (κ1) is 11.4. The third kappa shape index (κ3) is 2.55. The van der Waals surface area contributed by atoms with E-state index < -0.39 is 5.97 Å². The van der Waals surface area contributed by atoms with E-state index in [1.54, 1.807) is 24.8 Å². The monoisotopic (exact) mass is 233 g/mol. The number of rotatable bonds is 5. The molecule has 1 N–H and O–H groups in total. The van der Waals surface area contributed by atoms with Gasteiger partial charge in [-0.05, 0) is 12.5 Å². The van der Waals surface area contributed by atoms with Crippen molar-refractivity contribution in [1.82, 2.24) is 14.1 Å². The number of aryl methyl sites for hydroxylation is 1. The van der Waals surface area contributed by atoms with E-state index in [9.17, 15) is 4.79 Å². The van der Waals surface area contributed by atoms with Crippen LogP contribution in [0.5, 0.6) is 0 Å². The van der Waals surface area contributed by atoms with E-state index in [2.05, 4.69) is 16.5 Å². The molecule has 0 unspecified atom stereocenters. The summed E-state index contributed by atoms with van der Waals surface area (Å²) in [6.07, 6.45) is 8.07. The second-order valence-electron chi connectivity index (χ2n) is 3.96. The maximum absolute atomic E-state index is 10.8. The zero-order chi connectivity index (χ0) is 12.3. The Kier molecular flexibility index (Phi) is 3.27. The van der Waals surface area contributed by atoms with Crippen molar-refractivity contribution in [3.8, 4) is 0 Å². The molecule has 0 aliphatic rings. The summed E-state index contributed by atoms with van der Waals surface area (Å²) in [5, 5.41) is 8.83. The molecular formula is C12H15N3O2. The summed E-state index contributed by atoms with van der Waals surface area (Å²) in [7, 11) is 0. The molecule has 2 aromatic rings. The fraction of sp³-hybridized carbons (Fsp3) is 0.333. The van der Waals surface area contributed by atoms with Gasteiger partial charge in [-0.3, -0.25) is 0 Å². The van der Waals surface area contributed by atoms with E-state index in [0.29, 0.717) is 12.1 Å². The van der Waals surface area contributed by atoms with Crippen LogP contribution in [0.3, 0.4) is 0 Å². The molecule has 17 heavy (non-hydrogen) atoms. The lowest BCUT2D eigenvalue weighted by Crippen LogP contribution is -2.05. The summed E-state index contributed by atoms with van der Waals surface area (Å²) < 4.78 is 3.94. The number of hydrogen-bond acceptors (Lipinski definition) is 2. The van der Waals surface area contributed by atoms with Gasteiger partial charge in [0.1, 0.15) is 0 Å². The van der Waals surface area contributed by atoms with Gasteiger partial charge in [0.15, 0.2) is 0 Å². The molecule has 2 rings (SSSR count). The summed E-state index contributed by atoms with van der Waals surface area (Å²) in [6.45, 7) is 3.69. The molecule has 90 valence electrons. The molecule has 0 saturated heterocycles. The summed E-state index contributed by atoms with van der Waals surface area (Å²) >= 11 is 0. The standard InChI is InChI=1S/C12H15N3O2/c1-2-4-15-9-13-6-11(15)8-14-5-3-10(7-14)12(16)17/h3,5-7,9H,2,4,8H2,1H3,(H,16,17). The third-order valence-electron chi connectivity index (χ3n) is 2.61. The smallest absolute Gasteiger partial charge is 0.337 e. The van der Waals surface area contributed by atoms with Crippen LogP contribution in [-0.2, 0) is 13.1 Å². The van der Waals surface area contributed by atoms with E-state index in [1.807, 2.05) is 10.8 Å². The van der Waals surface area contributed by atoms with Crippen molar-refractivity contribution in [3.63, 3.8) is 0 Å². The van der Waals surface area contributed by atoms with Crippen LogP contribution in [0.1, 0.15) is 29.4 Å². The molecule has 0 amide bonds. The van der Waals surface area contributed by atoms with Gasteiger partial charge in [-0.25, -0.2) is 9.78 Å². The highest BCUT2D eigenvalue weighted by molar-refractivity contribution is 5.87. The number of carbonyl (C=O) groups is 1. The van der Waals surface area contributed by atoms with Crippen LogP contribution in [0.4, 0.5) is 0 Å². The van der Waals surface area contributed by atoms with Crippen LogP contribution in [0.2, 0.25) is 0 Å². The molecule has 2 heterocycles. The molecular weight excluding hydrogens is 218 g/mol. The normalized spacial score (nSPS) is 10.6. The van der Waals surface area contributed by atoms with Gasteiger partial charge in [0.25, 0.3) is 0 Å².